The zero-order valence-corrected chi connectivity index (χ0v) is 14.4. The number of hydrogen-bond donors (Lipinski definition) is 1. The lowest BCUT2D eigenvalue weighted by Gasteiger charge is -2.04. The molecule has 0 aliphatic rings. The van der Waals surface area contributed by atoms with Gasteiger partial charge in [0.2, 0.25) is 5.13 Å². The van der Waals surface area contributed by atoms with Crippen LogP contribution in [0.1, 0.15) is 18.9 Å². The molecule has 114 valence electrons. The predicted molar refractivity (Wildman–Crippen MR) is 95.0 cm³/mol. The van der Waals surface area contributed by atoms with Gasteiger partial charge in [-0.1, -0.05) is 59.8 Å². The van der Waals surface area contributed by atoms with Crippen molar-refractivity contribution >= 4 is 50.7 Å². The van der Waals surface area contributed by atoms with Crippen molar-refractivity contribution in [3.63, 3.8) is 0 Å². The molecule has 0 amide bonds. The minimum absolute atomic E-state index is 0.556. The van der Waals surface area contributed by atoms with Crippen molar-refractivity contribution in [2.24, 2.45) is 0 Å². The number of pyridine rings is 1. The minimum atomic E-state index is 0.556. The first-order valence-corrected chi connectivity index (χ1v) is 9.18. The normalized spacial score (nSPS) is 11.0. The van der Waals surface area contributed by atoms with E-state index in [9.17, 15) is 0 Å². The van der Waals surface area contributed by atoms with Crippen molar-refractivity contribution in [3.05, 3.63) is 41.0 Å². The van der Waals surface area contributed by atoms with E-state index in [1.165, 1.54) is 0 Å². The Hall–Kier alpha value is -1.37. The lowest BCUT2D eigenvalue weighted by atomic mass is 10.2. The first-order chi connectivity index (χ1) is 10.8. The Balaban J connectivity index is 1.70. The second kappa shape index (κ2) is 7.26. The molecule has 22 heavy (non-hydrogen) atoms. The highest BCUT2D eigenvalue weighted by Gasteiger charge is 2.08. The number of rotatable bonds is 6. The molecule has 4 nitrogen and oxygen atoms in total. The molecule has 1 aromatic carbocycles. The molecule has 3 rings (SSSR count). The van der Waals surface area contributed by atoms with Crippen molar-refractivity contribution in [1.82, 2.24) is 15.2 Å². The standard InChI is InChI=1S/C15H15ClN4S2/c1-2-7-17-14-19-20-15(22-14)21-9-11-8-10-5-3-4-6-12(10)18-13(11)16/h3-6,8H,2,7,9H2,1H3,(H,17,19). The number of fused-ring (bicyclic) bond motifs is 1. The van der Waals surface area contributed by atoms with Crippen molar-refractivity contribution in [2.75, 3.05) is 11.9 Å². The van der Waals surface area contributed by atoms with Crippen molar-refractivity contribution < 1.29 is 0 Å². The van der Waals surface area contributed by atoms with Gasteiger partial charge in [0.15, 0.2) is 4.34 Å². The van der Waals surface area contributed by atoms with Crippen LogP contribution < -0.4 is 5.32 Å². The third-order valence-electron chi connectivity index (χ3n) is 3.03. The van der Waals surface area contributed by atoms with Crippen LogP contribution in [0.15, 0.2) is 34.7 Å². The van der Waals surface area contributed by atoms with Crippen LogP contribution in [-0.2, 0) is 5.75 Å². The summed E-state index contributed by atoms with van der Waals surface area (Å²) in [5.41, 5.74) is 1.94. The van der Waals surface area contributed by atoms with Gasteiger partial charge in [0.05, 0.1) is 5.52 Å². The van der Waals surface area contributed by atoms with Crippen molar-refractivity contribution in [1.29, 1.82) is 0 Å². The molecule has 0 radical (unpaired) electrons. The zero-order valence-electron chi connectivity index (χ0n) is 12.0. The molecule has 2 aromatic heterocycles. The number of thioether (sulfide) groups is 1. The first kappa shape index (κ1) is 15.5. The summed E-state index contributed by atoms with van der Waals surface area (Å²) in [6, 6.07) is 10.1. The molecule has 1 N–H and O–H groups in total. The third kappa shape index (κ3) is 3.69. The number of para-hydroxylation sites is 1. The largest absolute Gasteiger partial charge is 0.360 e. The molecule has 0 saturated carbocycles. The molecular formula is C15H15ClN4S2. The van der Waals surface area contributed by atoms with Gasteiger partial charge in [-0.15, -0.1) is 10.2 Å². The van der Waals surface area contributed by atoms with Gasteiger partial charge in [-0.05, 0) is 18.6 Å². The molecule has 3 aromatic rings. The summed E-state index contributed by atoms with van der Waals surface area (Å²) in [6.07, 6.45) is 1.07. The number of halogens is 1. The Bertz CT molecular complexity index is 775. The Morgan fingerprint density at radius 1 is 1.27 bits per heavy atom. The quantitative estimate of drug-likeness (QED) is 0.508. The Labute approximate surface area is 142 Å². The highest BCUT2D eigenvalue weighted by Crippen LogP contribution is 2.31. The molecule has 0 bridgehead atoms. The monoisotopic (exact) mass is 350 g/mol. The number of benzene rings is 1. The van der Waals surface area contributed by atoms with Crippen LogP contribution in [0.3, 0.4) is 0 Å². The van der Waals surface area contributed by atoms with E-state index >= 15 is 0 Å². The Morgan fingerprint density at radius 2 is 2.14 bits per heavy atom. The fourth-order valence-corrected chi connectivity index (χ4v) is 3.99. The maximum atomic E-state index is 6.27. The van der Waals surface area contributed by atoms with E-state index in [0.717, 1.165) is 44.7 Å². The van der Waals surface area contributed by atoms with Gasteiger partial charge in [-0.2, -0.15) is 0 Å². The van der Waals surface area contributed by atoms with E-state index in [0.29, 0.717) is 5.15 Å². The van der Waals surface area contributed by atoms with Crippen LogP contribution in [0.2, 0.25) is 5.15 Å². The molecule has 0 aliphatic carbocycles. The fraction of sp³-hybridized carbons (Fsp3) is 0.267. The summed E-state index contributed by atoms with van der Waals surface area (Å²) in [6.45, 7) is 3.04. The van der Waals surface area contributed by atoms with Crippen LogP contribution in [0.25, 0.3) is 10.9 Å². The van der Waals surface area contributed by atoms with Crippen LogP contribution >= 0.6 is 34.7 Å². The van der Waals surface area contributed by atoms with Gasteiger partial charge in [-0.3, -0.25) is 0 Å². The van der Waals surface area contributed by atoms with Gasteiger partial charge >= 0.3 is 0 Å². The second-order valence-electron chi connectivity index (χ2n) is 4.72. The average Bonchev–Trinajstić information content (AvgIpc) is 2.98. The molecule has 0 saturated heterocycles. The van der Waals surface area contributed by atoms with Gasteiger partial charge in [0.25, 0.3) is 0 Å². The van der Waals surface area contributed by atoms with Gasteiger partial charge < -0.3 is 5.32 Å². The lowest BCUT2D eigenvalue weighted by molar-refractivity contribution is 0.951. The molecule has 7 heteroatoms. The van der Waals surface area contributed by atoms with E-state index in [2.05, 4.69) is 33.5 Å². The molecule has 0 spiro atoms. The summed E-state index contributed by atoms with van der Waals surface area (Å²) in [5.74, 6) is 0.735. The summed E-state index contributed by atoms with van der Waals surface area (Å²) in [7, 11) is 0. The van der Waals surface area contributed by atoms with Crippen molar-refractivity contribution in [3.8, 4) is 0 Å². The predicted octanol–water partition coefficient (Wildman–Crippen LogP) is 4.85. The van der Waals surface area contributed by atoms with E-state index in [1.54, 1.807) is 23.1 Å². The highest BCUT2D eigenvalue weighted by molar-refractivity contribution is 8.00. The van der Waals surface area contributed by atoms with Gasteiger partial charge in [0, 0.05) is 23.2 Å². The SMILES string of the molecule is CCCNc1nnc(SCc2cc3ccccc3nc2Cl)s1. The van der Waals surface area contributed by atoms with E-state index in [4.69, 9.17) is 11.6 Å². The van der Waals surface area contributed by atoms with E-state index in [-0.39, 0.29) is 0 Å². The van der Waals surface area contributed by atoms with Crippen LogP contribution in [-0.4, -0.2) is 21.7 Å². The van der Waals surface area contributed by atoms with Crippen molar-refractivity contribution in [2.45, 2.75) is 23.4 Å². The lowest BCUT2D eigenvalue weighted by Crippen LogP contribution is -1.98. The highest BCUT2D eigenvalue weighted by atomic mass is 35.5. The Morgan fingerprint density at radius 3 is 3.00 bits per heavy atom. The maximum absolute atomic E-state index is 6.27. The van der Waals surface area contributed by atoms with Crippen LogP contribution in [0.5, 0.6) is 0 Å². The maximum Gasteiger partial charge on any atom is 0.206 e. The summed E-state index contributed by atoms with van der Waals surface area (Å²) < 4.78 is 0.933. The number of nitrogens with zero attached hydrogens (tertiary/aromatic N) is 3. The van der Waals surface area contributed by atoms with Gasteiger partial charge in [-0.25, -0.2) is 4.98 Å². The first-order valence-electron chi connectivity index (χ1n) is 7.00. The van der Waals surface area contributed by atoms with Crippen LogP contribution in [0.4, 0.5) is 5.13 Å². The summed E-state index contributed by atoms with van der Waals surface area (Å²) >= 11 is 9.47. The topological polar surface area (TPSA) is 50.7 Å². The zero-order chi connectivity index (χ0) is 15.4. The number of anilines is 1. The van der Waals surface area contributed by atoms with E-state index < -0.39 is 0 Å². The molecule has 0 aliphatic heterocycles. The molecule has 0 fully saturated rings. The number of nitrogens with one attached hydrogen (secondary N) is 1. The summed E-state index contributed by atoms with van der Waals surface area (Å²) in [4.78, 5) is 4.44. The van der Waals surface area contributed by atoms with E-state index in [1.807, 2.05) is 24.3 Å². The molecular weight excluding hydrogens is 336 g/mol. The molecule has 0 atom stereocenters. The third-order valence-corrected chi connectivity index (χ3v) is 5.42. The van der Waals surface area contributed by atoms with Gasteiger partial charge in [0.1, 0.15) is 5.15 Å². The number of aromatic nitrogens is 3. The van der Waals surface area contributed by atoms with Crippen LogP contribution in [0, 0.1) is 0 Å². The summed E-state index contributed by atoms with van der Waals surface area (Å²) in [5, 5.41) is 14.1. The minimum Gasteiger partial charge on any atom is -0.360 e. The fourth-order valence-electron chi connectivity index (χ4n) is 1.95. The number of hydrogen-bond acceptors (Lipinski definition) is 6. The smallest absolute Gasteiger partial charge is 0.206 e. The molecule has 0 unspecified atom stereocenters. The average molecular weight is 351 g/mol. The molecule has 2 heterocycles. The Kier molecular flexibility index (Phi) is 5.12. The second-order valence-corrected chi connectivity index (χ2v) is 7.28.